The van der Waals surface area contributed by atoms with Crippen molar-refractivity contribution in [1.82, 2.24) is 4.90 Å². The van der Waals surface area contributed by atoms with Crippen LogP contribution in [-0.2, 0) is 16.7 Å². The summed E-state index contributed by atoms with van der Waals surface area (Å²) in [7, 11) is 0. The molecule has 0 aromatic heterocycles. The van der Waals surface area contributed by atoms with Gasteiger partial charge in [0.05, 0.1) is 6.61 Å². The Balaban J connectivity index is 2.28. The SMILES string of the molecule is CCOC(=O)N1Cc2ccccc2C(C)(C)C1. The number of carbonyl (C=O) groups is 1. The highest BCUT2D eigenvalue weighted by Crippen LogP contribution is 2.33. The smallest absolute Gasteiger partial charge is 0.410 e. The lowest BCUT2D eigenvalue weighted by Gasteiger charge is -2.39. The molecular formula is C14H19NO2. The fraction of sp³-hybridized carbons (Fsp3) is 0.500. The van der Waals surface area contributed by atoms with Crippen LogP contribution in [-0.4, -0.2) is 24.1 Å². The Kier molecular flexibility index (Phi) is 3.09. The standard InChI is InChI=1S/C14H19NO2/c1-4-17-13(16)15-9-11-7-5-6-8-12(11)14(2,3)10-15/h5-8H,4,9-10H2,1-3H3. The number of benzene rings is 1. The average molecular weight is 233 g/mol. The molecule has 3 heteroatoms. The highest BCUT2D eigenvalue weighted by molar-refractivity contribution is 5.68. The lowest BCUT2D eigenvalue weighted by Crippen LogP contribution is -2.45. The van der Waals surface area contributed by atoms with Gasteiger partial charge in [0.15, 0.2) is 0 Å². The maximum Gasteiger partial charge on any atom is 0.410 e. The summed E-state index contributed by atoms with van der Waals surface area (Å²) in [5.41, 5.74) is 2.54. The third-order valence-electron chi connectivity index (χ3n) is 3.22. The first-order chi connectivity index (χ1) is 8.04. The average Bonchev–Trinajstić information content (AvgIpc) is 2.28. The molecule has 0 aliphatic carbocycles. The molecule has 3 nitrogen and oxygen atoms in total. The molecule has 0 N–H and O–H groups in total. The maximum absolute atomic E-state index is 11.8. The first-order valence-corrected chi connectivity index (χ1v) is 6.04. The maximum atomic E-state index is 11.8. The van der Waals surface area contributed by atoms with Crippen molar-refractivity contribution in [2.45, 2.75) is 32.7 Å². The van der Waals surface area contributed by atoms with E-state index in [-0.39, 0.29) is 11.5 Å². The molecule has 0 radical (unpaired) electrons. The van der Waals surface area contributed by atoms with E-state index in [1.54, 1.807) is 4.90 Å². The number of hydrogen-bond acceptors (Lipinski definition) is 2. The van der Waals surface area contributed by atoms with E-state index >= 15 is 0 Å². The molecule has 0 saturated carbocycles. The van der Waals surface area contributed by atoms with E-state index < -0.39 is 0 Å². The van der Waals surface area contributed by atoms with Gasteiger partial charge in [0.1, 0.15) is 0 Å². The quantitative estimate of drug-likeness (QED) is 0.746. The first kappa shape index (κ1) is 12.0. The summed E-state index contributed by atoms with van der Waals surface area (Å²) in [4.78, 5) is 13.6. The van der Waals surface area contributed by atoms with Gasteiger partial charge in [-0.3, -0.25) is 0 Å². The van der Waals surface area contributed by atoms with Crippen LogP contribution in [0.15, 0.2) is 24.3 Å². The molecule has 1 aliphatic rings. The largest absolute Gasteiger partial charge is 0.450 e. The third kappa shape index (κ3) is 2.28. The molecule has 92 valence electrons. The number of amides is 1. The van der Waals surface area contributed by atoms with E-state index in [1.165, 1.54) is 11.1 Å². The van der Waals surface area contributed by atoms with E-state index in [2.05, 4.69) is 32.0 Å². The lowest BCUT2D eigenvalue weighted by atomic mass is 9.78. The van der Waals surface area contributed by atoms with Crippen LogP contribution in [0, 0.1) is 0 Å². The molecule has 1 amide bonds. The fourth-order valence-corrected chi connectivity index (χ4v) is 2.49. The van der Waals surface area contributed by atoms with Crippen LogP contribution in [0.5, 0.6) is 0 Å². The molecule has 0 unspecified atom stereocenters. The van der Waals surface area contributed by atoms with Crippen LogP contribution in [0.4, 0.5) is 4.79 Å². The summed E-state index contributed by atoms with van der Waals surface area (Å²) in [5, 5.41) is 0. The number of carbonyl (C=O) groups excluding carboxylic acids is 1. The summed E-state index contributed by atoms with van der Waals surface area (Å²) in [6.45, 7) is 7.95. The minimum Gasteiger partial charge on any atom is -0.450 e. The Morgan fingerprint density at radius 2 is 2.12 bits per heavy atom. The molecule has 0 spiro atoms. The van der Waals surface area contributed by atoms with Crippen molar-refractivity contribution in [3.8, 4) is 0 Å². The molecular weight excluding hydrogens is 214 g/mol. The number of fused-ring (bicyclic) bond motifs is 1. The molecule has 1 heterocycles. The van der Waals surface area contributed by atoms with Crippen molar-refractivity contribution in [2.24, 2.45) is 0 Å². The zero-order chi connectivity index (χ0) is 12.5. The second kappa shape index (κ2) is 4.40. The molecule has 0 bridgehead atoms. The lowest BCUT2D eigenvalue weighted by molar-refractivity contribution is 0.0916. The van der Waals surface area contributed by atoms with E-state index in [4.69, 9.17) is 4.74 Å². The summed E-state index contributed by atoms with van der Waals surface area (Å²) in [5.74, 6) is 0. The number of nitrogens with zero attached hydrogens (tertiary/aromatic N) is 1. The van der Waals surface area contributed by atoms with Crippen molar-refractivity contribution < 1.29 is 9.53 Å². The van der Waals surface area contributed by atoms with Gasteiger partial charge in [0, 0.05) is 18.5 Å². The van der Waals surface area contributed by atoms with Crippen molar-refractivity contribution in [3.05, 3.63) is 35.4 Å². The van der Waals surface area contributed by atoms with Crippen LogP contribution >= 0.6 is 0 Å². The van der Waals surface area contributed by atoms with Crippen LogP contribution in [0.2, 0.25) is 0 Å². The normalized spacial score (nSPS) is 17.5. The summed E-state index contributed by atoms with van der Waals surface area (Å²) < 4.78 is 5.08. The monoisotopic (exact) mass is 233 g/mol. The van der Waals surface area contributed by atoms with Gasteiger partial charge in [0.25, 0.3) is 0 Å². The van der Waals surface area contributed by atoms with Gasteiger partial charge < -0.3 is 9.64 Å². The topological polar surface area (TPSA) is 29.5 Å². The Labute approximate surface area is 102 Å². The van der Waals surface area contributed by atoms with Gasteiger partial charge in [-0.05, 0) is 18.1 Å². The Morgan fingerprint density at radius 1 is 1.41 bits per heavy atom. The summed E-state index contributed by atoms with van der Waals surface area (Å²) in [6, 6.07) is 8.31. The van der Waals surface area contributed by atoms with Gasteiger partial charge in [0.2, 0.25) is 0 Å². The van der Waals surface area contributed by atoms with Crippen molar-refractivity contribution in [2.75, 3.05) is 13.2 Å². The fourth-order valence-electron chi connectivity index (χ4n) is 2.49. The van der Waals surface area contributed by atoms with Crippen LogP contribution in [0.25, 0.3) is 0 Å². The van der Waals surface area contributed by atoms with Crippen LogP contribution in [0.3, 0.4) is 0 Å². The molecule has 0 atom stereocenters. The highest BCUT2D eigenvalue weighted by atomic mass is 16.6. The molecule has 0 fully saturated rings. The zero-order valence-electron chi connectivity index (χ0n) is 10.7. The molecule has 1 aromatic carbocycles. The van der Waals surface area contributed by atoms with Crippen molar-refractivity contribution in [1.29, 1.82) is 0 Å². The summed E-state index contributed by atoms with van der Waals surface area (Å²) >= 11 is 0. The van der Waals surface area contributed by atoms with Gasteiger partial charge >= 0.3 is 6.09 Å². The molecule has 1 aliphatic heterocycles. The predicted molar refractivity (Wildman–Crippen MR) is 66.9 cm³/mol. The van der Waals surface area contributed by atoms with Crippen molar-refractivity contribution >= 4 is 6.09 Å². The molecule has 0 saturated heterocycles. The Morgan fingerprint density at radius 3 is 2.82 bits per heavy atom. The molecule has 2 rings (SSSR count). The van der Waals surface area contributed by atoms with E-state index in [9.17, 15) is 4.79 Å². The molecule has 17 heavy (non-hydrogen) atoms. The van der Waals surface area contributed by atoms with Gasteiger partial charge in [-0.2, -0.15) is 0 Å². The Hall–Kier alpha value is -1.51. The van der Waals surface area contributed by atoms with E-state index in [0.717, 1.165) is 0 Å². The van der Waals surface area contributed by atoms with Gasteiger partial charge in [-0.1, -0.05) is 38.1 Å². The third-order valence-corrected chi connectivity index (χ3v) is 3.22. The van der Waals surface area contributed by atoms with Gasteiger partial charge in [-0.15, -0.1) is 0 Å². The van der Waals surface area contributed by atoms with E-state index in [1.807, 2.05) is 13.0 Å². The predicted octanol–water partition coefficient (Wildman–Crippen LogP) is 2.94. The first-order valence-electron chi connectivity index (χ1n) is 6.04. The Bertz CT molecular complexity index is 426. The zero-order valence-corrected chi connectivity index (χ0v) is 10.7. The number of rotatable bonds is 1. The second-order valence-electron chi connectivity index (χ2n) is 5.10. The number of ether oxygens (including phenoxy) is 1. The van der Waals surface area contributed by atoms with Crippen molar-refractivity contribution in [3.63, 3.8) is 0 Å². The highest BCUT2D eigenvalue weighted by Gasteiger charge is 2.33. The van der Waals surface area contributed by atoms with E-state index in [0.29, 0.717) is 19.7 Å². The van der Waals surface area contributed by atoms with Crippen LogP contribution < -0.4 is 0 Å². The minimum absolute atomic E-state index is 0.0123. The summed E-state index contributed by atoms with van der Waals surface area (Å²) in [6.07, 6.45) is -0.213. The number of hydrogen-bond donors (Lipinski definition) is 0. The second-order valence-corrected chi connectivity index (χ2v) is 5.10. The van der Waals surface area contributed by atoms with Crippen LogP contribution in [0.1, 0.15) is 31.9 Å². The van der Waals surface area contributed by atoms with Gasteiger partial charge in [-0.25, -0.2) is 4.79 Å². The minimum atomic E-state index is -0.213. The molecule has 1 aromatic rings.